The van der Waals surface area contributed by atoms with E-state index in [2.05, 4.69) is 15.6 Å². The number of aryl methyl sites for hydroxylation is 1. The first-order valence-electron chi connectivity index (χ1n) is 9.26. The number of rotatable bonds is 7. The minimum absolute atomic E-state index is 0.124. The minimum atomic E-state index is -0.560. The molecule has 3 aromatic rings. The maximum absolute atomic E-state index is 12.7. The number of nitrogens with two attached hydrogens (primary N) is 1. The van der Waals surface area contributed by atoms with Crippen LogP contribution in [0.3, 0.4) is 0 Å². The molecule has 3 rings (SSSR count). The van der Waals surface area contributed by atoms with E-state index in [0.29, 0.717) is 28.8 Å². The number of ether oxygens (including phenoxy) is 1. The van der Waals surface area contributed by atoms with E-state index in [9.17, 15) is 14.4 Å². The highest BCUT2D eigenvalue weighted by Gasteiger charge is 2.16. The van der Waals surface area contributed by atoms with Gasteiger partial charge in [-0.2, -0.15) is 10.2 Å². The summed E-state index contributed by atoms with van der Waals surface area (Å²) >= 11 is 0. The second kappa shape index (κ2) is 8.99. The lowest BCUT2D eigenvalue weighted by atomic mass is 10.1. The summed E-state index contributed by atoms with van der Waals surface area (Å²) in [5, 5.41) is 9.21. The summed E-state index contributed by atoms with van der Waals surface area (Å²) in [6.45, 7) is 3.65. The van der Waals surface area contributed by atoms with Gasteiger partial charge in [0.15, 0.2) is 12.3 Å². The molecule has 0 saturated carbocycles. The third-order valence-corrected chi connectivity index (χ3v) is 4.36. The molecule has 0 unspecified atom stereocenters. The average Bonchev–Trinajstić information content (AvgIpc) is 2.76. The molecule has 0 spiro atoms. The van der Waals surface area contributed by atoms with Crippen LogP contribution in [0.15, 0.2) is 58.4 Å². The Kier molecular flexibility index (Phi) is 6.21. The number of amides is 2. The first kappa shape index (κ1) is 20.7. The Balaban J connectivity index is 1.81. The summed E-state index contributed by atoms with van der Waals surface area (Å²) < 4.78 is 6.46. The highest BCUT2D eigenvalue weighted by molar-refractivity contribution is 6.06. The van der Waals surface area contributed by atoms with Crippen molar-refractivity contribution in [1.29, 1.82) is 0 Å². The second-order valence-corrected chi connectivity index (χ2v) is 6.43. The highest BCUT2D eigenvalue weighted by Crippen LogP contribution is 2.14. The van der Waals surface area contributed by atoms with Crippen LogP contribution in [0.25, 0.3) is 10.8 Å². The monoisotopic (exact) mass is 407 g/mol. The number of nitrogens with zero attached hydrogens (tertiary/aromatic N) is 3. The molecule has 1 aromatic heterocycles. The molecule has 0 radical (unpaired) electrons. The lowest BCUT2D eigenvalue weighted by Gasteiger charge is -2.09. The van der Waals surface area contributed by atoms with Gasteiger partial charge in [-0.3, -0.25) is 14.4 Å². The van der Waals surface area contributed by atoms with E-state index in [1.165, 1.54) is 4.68 Å². The molecule has 0 bridgehead atoms. The van der Waals surface area contributed by atoms with E-state index in [1.807, 2.05) is 0 Å². The van der Waals surface area contributed by atoms with Crippen LogP contribution in [0.2, 0.25) is 0 Å². The van der Waals surface area contributed by atoms with Gasteiger partial charge in [0.05, 0.1) is 11.1 Å². The molecule has 3 N–H and O–H groups in total. The van der Waals surface area contributed by atoms with Gasteiger partial charge < -0.3 is 10.5 Å². The molecule has 0 atom stereocenters. The summed E-state index contributed by atoms with van der Waals surface area (Å²) in [7, 11) is 0. The molecule has 0 aliphatic carbocycles. The van der Waals surface area contributed by atoms with Crippen molar-refractivity contribution in [3.8, 4) is 5.75 Å². The van der Waals surface area contributed by atoms with Crippen molar-refractivity contribution < 1.29 is 14.3 Å². The highest BCUT2D eigenvalue weighted by atomic mass is 16.5. The lowest BCUT2D eigenvalue weighted by Crippen LogP contribution is -2.28. The Morgan fingerprint density at radius 1 is 1.13 bits per heavy atom. The number of carbonyl (C=O) groups is 2. The van der Waals surface area contributed by atoms with E-state index in [1.54, 1.807) is 62.4 Å². The van der Waals surface area contributed by atoms with E-state index >= 15 is 0 Å². The smallest absolute Gasteiger partial charge is 0.292 e. The van der Waals surface area contributed by atoms with Crippen molar-refractivity contribution in [1.82, 2.24) is 15.2 Å². The van der Waals surface area contributed by atoms with Gasteiger partial charge in [-0.05, 0) is 49.7 Å². The maximum Gasteiger partial charge on any atom is 0.292 e. The molecule has 0 aliphatic heterocycles. The van der Waals surface area contributed by atoms with Gasteiger partial charge in [-0.1, -0.05) is 18.2 Å². The Bertz CT molecular complexity index is 1180. The number of hydrazone groups is 1. The summed E-state index contributed by atoms with van der Waals surface area (Å²) in [4.78, 5) is 35.9. The number of aromatic nitrogens is 2. The van der Waals surface area contributed by atoms with Gasteiger partial charge in [-0.15, -0.1) is 0 Å². The van der Waals surface area contributed by atoms with E-state index < -0.39 is 11.8 Å². The fraction of sp³-hybridized carbons (Fsp3) is 0.190. The van der Waals surface area contributed by atoms with Crippen LogP contribution >= 0.6 is 0 Å². The van der Waals surface area contributed by atoms with Crippen LogP contribution in [0, 0.1) is 0 Å². The molecule has 0 fully saturated rings. The zero-order chi connectivity index (χ0) is 21.7. The van der Waals surface area contributed by atoms with Gasteiger partial charge in [0.25, 0.3) is 17.4 Å². The van der Waals surface area contributed by atoms with Crippen LogP contribution in [0.5, 0.6) is 5.75 Å². The minimum Gasteiger partial charge on any atom is -0.484 e. The Labute approximate surface area is 172 Å². The van der Waals surface area contributed by atoms with Crippen molar-refractivity contribution in [2.45, 2.75) is 20.4 Å². The van der Waals surface area contributed by atoms with Gasteiger partial charge in [0, 0.05) is 11.9 Å². The van der Waals surface area contributed by atoms with Crippen molar-refractivity contribution in [3.63, 3.8) is 0 Å². The fourth-order valence-electron chi connectivity index (χ4n) is 2.82. The number of carbonyl (C=O) groups excluding carboxylic acids is 2. The third-order valence-electron chi connectivity index (χ3n) is 4.36. The molecule has 2 amide bonds. The number of fused-ring (bicyclic) bond motifs is 1. The first-order valence-corrected chi connectivity index (χ1v) is 9.26. The lowest BCUT2D eigenvalue weighted by molar-refractivity contribution is -0.119. The van der Waals surface area contributed by atoms with E-state index in [0.717, 1.165) is 5.56 Å². The van der Waals surface area contributed by atoms with Crippen LogP contribution in [-0.2, 0) is 11.3 Å². The molecule has 9 nitrogen and oxygen atoms in total. The Hall–Kier alpha value is -4.01. The quantitative estimate of drug-likeness (QED) is 0.452. The zero-order valence-electron chi connectivity index (χ0n) is 16.6. The molecule has 30 heavy (non-hydrogen) atoms. The summed E-state index contributed by atoms with van der Waals surface area (Å²) in [6.07, 6.45) is 0. The molecule has 154 valence electrons. The Morgan fingerprint density at radius 3 is 2.43 bits per heavy atom. The largest absolute Gasteiger partial charge is 0.484 e. The fourth-order valence-corrected chi connectivity index (χ4v) is 2.82. The normalized spacial score (nSPS) is 11.3. The predicted octanol–water partition coefficient (Wildman–Crippen LogP) is 1.43. The molecular formula is C21H21N5O4. The zero-order valence-corrected chi connectivity index (χ0v) is 16.6. The standard InChI is InChI=1S/C21H21N5O4/c1-3-26-21(29)17-7-5-4-6-16(17)19(25-26)20(28)24-23-13(2)14-8-10-15(11-9-14)30-12-18(22)27/h4-11H,3,12H2,1-2H3,(H2,22,27)(H,24,28). The number of hydrogen-bond acceptors (Lipinski definition) is 6. The van der Waals surface area contributed by atoms with Crippen LogP contribution in [0.1, 0.15) is 29.9 Å². The van der Waals surface area contributed by atoms with Crippen LogP contribution < -0.4 is 21.5 Å². The van der Waals surface area contributed by atoms with Crippen molar-refractivity contribution >= 4 is 28.3 Å². The SMILES string of the molecule is CCn1nc(C(=O)NN=C(C)c2ccc(OCC(N)=O)cc2)c2ccccc2c1=O. The summed E-state index contributed by atoms with van der Waals surface area (Å²) in [6, 6.07) is 13.7. The molecule has 0 aliphatic rings. The van der Waals surface area contributed by atoms with Crippen LogP contribution in [-0.4, -0.2) is 33.9 Å². The number of primary amides is 1. The molecule has 0 saturated heterocycles. The number of benzene rings is 2. The molecular weight excluding hydrogens is 386 g/mol. The molecule has 2 aromatic carbocycles. The summed E-state index contributed by atoms with van der Waals surface area (Å²) in [5.41, 5.74) is 8.72. The van der Waals surface area contributed by atoms with Gasteiger partial charge in [0.2, 0.25) is 0 Å². The maximum atomic E-state index is 12.7. The molecule has 9 heteroatoms. The predicted molar refractivity (Wildman–Crippen MR) is 112 cm³/mol. The van der Waals surface area contributed by atoms with Gasteiger partial charge >= 0.3 is 0 Å². The molecule has 1 heterocycles. The summed E-state index contributed by atoms with van der Waals surface area (Å²) in [5.74, 6) is -0.587. The van der Waals surface area contributed by atoms with E-state index in [4.69, 9.17) is 10.5 Å². The van der Waals surface area contributed by atoms with Crippen molar-refractivity contribution in [2.75, 3.05) is 6.61 Å². The van der Waals surface area contributed by atoms with E-state index in [-0.39, 0.29) is 17.9 Å². The Morgan fingerprint density at radius 2 is 1.80 bits per heavy atom. The van der Waals surface area contributed by atoms with Gasteiger partial charge in [-0.25, -0.2) is 10.1 Å². The van der Waals surface area contributed by atoms with Crippen LogP contribution in [0.4, 0.5) is 0 Å². The first-order chi connectivity index (χ1) is 14.4. The second-order valence-electron chi connectivity index (χ2n) is 6.43. The third kappa shape index (κ3) is 4.52. The number of nitrogens with one attached hydrogen (secondary N) is 1. The number of hydrogen-bond donors (Lipinski definition) is 2. The van der Waals surface area contributed by atoms with Gasteiger partial charge in [0.1, 0.15) is 5.75 Å². The topological polar surface area (TPSA) is 129 Å². The van der Waals surface area contributed by atoms with Crippen molar-refractivity contribution in [3.05, 3.63) is 70.1 Å². The average molecular weight is 407 g/mol. The van der Waals surface area contributed by atoms with Crippen molar-refractivity contribution in [2.24, 2.45) is 10.8 Å².